The highest BCUT2D eigenvalue weighted by Crippen LogP contribution is 2.53. The number of carbonyl (C=O) groups is 4. The molecule has 14 heteroatoms. The first-order valence-corrected chi connectivity index (χ1v) is 13.1. The van der Waals surface area contributed by atoms with Gasteiger partial charge in [-0.15, -0.1) is 0 Å². The van der Waals surface area contributed by atoms with Gasteiger partial charge in [-0.25, -0.2) is 13.6 Å². The lowest BCUT2D eigenvalue weighted by molar-refractivity contribution is -0.153. The largest absolute Gasteiger partial charge is 0.455 e. The number of anilines is 2. The average molecular weight is 577 g/mol. The molecule has 1 saturated carbocycles. The van der Waals surface area contributed by atoms with Crippen LogP contribution in [0.5, 0.6) is 0 Å². The maximum absolute atomic E-state index is 15.1. The van der Waals surface area contributed by atoms with Crippen LogP contribution in [0, 0.1) is 29.4 Å². The van der Waals surface area contributed by atoms with Crippen LogP contribution in [-0.4, -0.2) is 85.6 Å². The monoisotopic (exact) mass is 576 g/mol. The quantitative estimate of drug-likeness (QED) is 0.336. The zero-order valence-corrected chi connectivity index (χ0v) is 22.3. The molecule has 2 saturated heterocycles. The lowest BCUT2D eigenvalue weighted by atomic mass is 10.2. The fourth-order valence-electron chi connectivity index (χ4n) is 5.10. The van der Waals surface area contributed by atoms with Crippen LogP contribution in [0.4, 0.5) is 25.0 Å². The normalized spacial score (nSPS) is 23.8. The lowest BCUT2D eigenvalue weighted by Crippen LogP contribution is -2.37. The molecule has 3 unspecified atom stereocenters. The summed E-state index contributed by atoms with van der Waals surface area (Å²) >= 11 is 10.9. The minimum absolute atomic E-state index is 0.0289. The summed E-state index contributed by atoms with van der Waals surface area (Å²) in [4.78, 5) is 51.1. The Kier molecular flexibility index (Phi) is 8.51. The molecule has 10 nitrogen and oxygen atoms in total. The molecule has 1 N–H and O–H groups in total. The van der Waals surface area contributed by atoms with E-state index in [9.17, 15) is 19.2 Å². The number of ether oxygens (including phenoxy) is 2. The molecule has 0 radical (unpaired) electrons. The Morgan fingerprint density at radius 3 is 2.29 bits per heavy atom. The summed E-state index contributed by atoms with van der Waals surface area (Å²) in [6.07, 6.45) is -1.57. The van der Waals surface area contributed by atoms with Gasteiger partial charge < -0.3 is 24.6 Å². The molecule has 0 bridgehead atoms. The Morgan fingerprint density at radius 2 is 1.74 bits per heavy atom. The summed E-state index contributed by atoms with van der Waals surface area (Å²) < 4.78 is 40.4. The highest BCUT2D eigenvalue weighted by atomic mass is 35.5. The van der Waals surface area contributed by atoms with Gasteiger partial charge in [0.25, 0.3) is 11.8 Å². The van der Waals surface area contributed by atoms with Crippen LogP contribution in [0.2, 0.25) is 0 Å². The van der Waals surface area contributed by atoms with Crippen molar-refractivity contribution >= 4 is 58.5 Å². The van der Waals surface area contributed by atoms with E-state index in [1.54, 1.807) is 4.90 Å². The van der Waals surface area contributed by atoms with E-state index in [2.05, 4.69) is 5.32 Å². The maximum Gasteiger partial charge on any atom is 0.414 e. The van der Waals surface area contributed by atoms with Crippen molar-refractivity contribution in [3.8, 4) is 0 Å². The number of halogens is 4. The molecule has 0 aromatic heterocycles. The second-order valence-corrected chi connectivity index (χ2v) is 10.4. The van der Waals surface area contributed by atoms with Crippen LogP contribution in [-0.2, 0) is 23.9 Å². The number of nitrogens with one attached hydrogen (secondary N) is 1. The molecule has 38 heavy (non-hydrogen) atoms. The second kappa shape index (κ2) is 11.5. The number of alkyl halides is 2. The summed E-state index contributed by atoms with van der Waals surface area (Å²) in [5, 5.41) is 2.42. The van der Waals surface area contributed by atoms with Crippen LogP contribution < -0.4 is 15.1 Å². The molecule has 4 rings (SSSR count). The van der Waals surface area contributed by atoms with E-state index in [4.69, 9.17) is 32.7 Å². The third-order valence-electron chi connectivity index (χ3n) is 7.13. The van der Waals surface area contributed by atoms with E-state index in [0.29, 0.717) is 13.1 Å². The molecule has 1 aromatic rings. The number of benzene rings is 1. The molecule has 2 aliphatic heterocycles. The summed E-state index contributed by atoms with van der Waals surface area (Å²) in [7, 11) is 0. The molecule has 3 aliphatic rings. The Labute approximate surface area is 228 Å². The zero-order chi connectivity index (χ0) is 27.7. The Morgan fingerprint density at radius 1 is 1.13 bits per heavy atom. The van der Waals surface area contributed by atoms with Gasteiger partial charge in [0.1, 0.15) is 11.8 Å². The van der Waals surface area contributed by atoms with E-state index in [1.807, 2.05) is 13.8 Å². The van der Waals surface area contributed by atoms with Crippen molar-refractivity contribution in [1.29, 1.82) is 0 Å². The molecule has 0 spiro atoms. The first kappa shape index (κ1) is 28.2. The molecule has 1 aromatic carbocycles. The van der Waals surface area contributed by atoms with Crippen LogP contribution >= 0.6 is 23.2 Å². The number of fused-ring (bicyclic) bond motifs is 1. The van der Waals surface area contributed by atoms with E-state index in [1.165, 1.54) is 4.90 Å². The number of amides is 3. The number of hydrogen-bond acceptors (Lipinski definition) is 7. The fraction of sp³-hybridized carbons (Fsp3) is 0.583. The Balaban J connectivity index is 1.32. The Hall–Kier alpha value is -2.86. The molecule has 1 aliphatic carbocycles. The number of piperidine rings is 1. The van der Waals surface area contributed by atoms with E-state index < -0.39 is 46.5 Å². The first-order valence-electron chi connectivity index (χ1n) is 12.3. The number of carbonyl (C=O) groups excluding carboxylic acids is 4. The molecule has 3 amide bonds. The van der Waals surface area contributed by atoms with Crippen LogP contribution in [0.1, 0.15) is 13.8 Å². The van der Waals surface area contributed by atoms with Gasteiger partial charge in [-0.1, -0.05) is 23.2 Å². The van der Waals surface area contributed by atoms with Gasteiger partial charge in [-0.3, -0.25) is 19.3 Å². The number of esters is 1. The van der Waals surface area contributed by atoms with Crippen LogP contribution in [0.15, 0.2) is 12.1 Å². The smallest absolute Gasteiger partial charge is 0.414 e. The van der Waals surface area contributed by atoms with Crippen molar-refractivity contribution in [2.45, 2.75) is 24.8 Å². The van der Waals surface area contributed by atoms with Gasteiger partial charge in [-0.05, 0) is 25.7 Å². The zero-order valence-electron chi connectivity index (χ0n) is 20.8. The highest BCUT2D eigenvalue weighted by Gasteiger charge is 2.61. The number of hydrogen-bond donors (Lipinski definition) is 1. The van der Waals surface area contributed by atoms with Crippen molar-refractivity contribution in [1.82, 2.24) is 10.2 Å². The van der Waals surface area contributed by atoms with Gasteiger partial charge in [0.05, 0.1) is 24.7 Å². The molecule has 3 fully saturated rings. The van der Waals surface area contributed by atoms with Gasteiger partial charge >= 0.3 is 12.1 Å². The first-order chi connectivity index (χ1) is 18.0. The third kappa shape index (κ3) is 5.75. The minimum Gasteiger partial charge on any atom is -0.455 e. The lowest BCUT2D eigenvalue weighted by Gasteiger charge is -2.24. The predicted octanol–water partition coefficient (Wildman–Crippen LogP) is 2.30. The number of likely N-dealkylation sites (N-methyl/N-ethyl adjacent to an activating group) is 1. The fourth-order valence-corrected chi connectivity index (χ4v) is 5.25. The van der Waals surface area contributed by atoms with Gasteiger partial charge in [0, 0.05) is 38.3 Å². The molecular formula is C24H28Cl2F2N4O6. The summed E-state index contributed by atoms with van der Waals surface area (Å²) in [5.74, 6) is -3.74. The van der Waals surface area contributed by atoms with Crippen molar-refractivity contribution in [3.05, 3.63) is 23.8 Å². The maximum atomic E-state index is 15.1. The molecule has 3 atom stereocenters. The van der Waals surface area contributed by atoms with Crippen molar-refractivity contribution in [2.75, 3.05) is 55.7 Å². The van der Waals surface area contributed by atoms with Gasteiger partial charge in [-0.2, -0.15) is 0 Å². The predicted molar refractivity (Wildman–Crippen MR) is 134 cm³/mol. The molecule has 208 valence electrons. The average Bonchev–Trinajstić information content (AvgIpc) is 3.17. The highest BCUT2D eigenvalue weighted by molar-refractivity contribution is 6.53. The van der Waals surface area contributed by atoms with Crippen molar-refractivity contribution < 1.29 is 37.4 Å². The molecule has 2 heterocycles. The Bertz CT molecular complexity index is 1090. The van der Waals surface area contributed by atoms with Crippen LogP contribution in [0.25, 0.3) is 0 Å². The minimum atomic E-state index is -1.28. The number of cyclic esters (lactones) is 1. The van der Waals surface area contributed by atoms with E-state index in [0.717, 1.165) is 17.0 Å². The standard InChI is InChI=1S/C24H28Cl2F2N4O6/c1-3-30(4-2)18(33)11-37-23(35)19-14-9-31(10-15(14)19)20-16(27)5-12(6-17(20)28)32-8-13(38-24(32)36)7-29-22(34)21(25)26/h5-6,13-15,19,21H,3-4,7-11H2,1-2H3,(H,29,34). The second-order valence-electron chi connectivity index (χ2n) is 9.35. The van der Waals surface area contributed by atoms with Crippen molar-refractivity contribution in [3.63, 3.8) is 0 Å². The van der Waals surface area contributed by atoms with Crippen molar-refractivity contribution in [2.24, 2.45) is 17.8 Å². The number of rotatable bonds is 10. The van der Waals surface area contributed by atoms with Gasteiger partial charge in [0.2, 0.25) is 0 Å². The van der Waals surface area contributed by atoms with E-state index >= 15 is 8.78 Å². The topological polar surface area (TPSA) is 108 Å². The summed E-state index contributed by atoms with van der Waals surface area (Å²) in [6, 6.07) is 2.09. The third-order valence-corrected chi connectivity index (χ3v) is 7.52. The van der Waals surface area contributed by atoms with E-state index in [-0.39, 0.29) is 61.9 Å². The summed E-state index contributed by atoms with van der Waals surface area (Å²) in [5.41, 5.74) is -0.268. The molecular weight excluding hydrogens is 549 g/mol. The summed E-state index contributed by atoms with van der Waals surface area (Å²) in [6.45, 7) is 4.81. The number of nitrogens with zero attached hydrogens (tertiary/aromatic N) is 3. The van der Waals surface area contributed by atoms with Crippen LogP contribution in [0.3, 0.4) is 0 Å². The van der Waals surface area contributed by atoms with Gasteiger partial charge in [0.15, 0.2) is 23.1 Å². The SMILES string of the molecule is CCN(CC)C(=O)COC(=O)C1C2CN(c3c(F)cc(N4CC(CNC(=O)C(Cl)Cl)OC4=O)cc3F)CC21.